The van der Waals surface area contributed by atoms with Crippen LogP contribution in [0.15, 0.2) is 59.7 Å². The molecule has 0 radical (unpaired) electrons. The Labute approximate surface area is 164 Å². The molecule has 0 bridgehead atoms. The van der Waals surface area contributed by atoms with Crippen molar-refractivity contribution in [2.75, 3.05) is 13.6 Å². The van der Waals surface area contributed by atoms with E-state index < -0.39 is 0 Å². The summed E-state index contributed by atoms with van der Waals surface area (Å²) in [5, 5.41) is 15.0. The van der Waals surface area contributed by atoms with Crippen molar-refractivity contribution < 1.29 is 0 Å². The van der Waals surface area contributed by atoms with Crippen LogP contribution in [-0.4, -0.2) is 34.2 Å². The summed E-state index contributed by atoms with van der Waals surface area (Å²) in [6.45, 7) is 1.44. The topological polar surface area (TPSA) is 66.6 Å². The maximum absolute atomic E-state index is 4.25. The Hall–Kier alpha value is -2.16. The van der Waals surface area contributed by atoms with E-state index in [1.54, 1.807) is 7.05 Å². The molecule has 6 nitrogen and oxygen atoms in total. The van der Waals surface area contributed by atoms with Crippen LogP contribution in [0, 0.1) is 0 Å². The number of aliphatic imine (C=N–C) groups is 1. The molecule has 0 aliphatic carbocycles. The van der Waals surface area contributed by atoms with Crippen LogP contribution in [0.2, 0.25) is 0 Å². The van der Waals surface area contributed by atoms with E-state index in [1.807, 2.05) is 34.9 Å². The Morgan fingerprint density at radius 2 is 1.84 bits per heavy atom. The van der Waals surface area contributed by atoms with Crippen molar-refractivity contribution >= 4 is 35.6 Å². The zero-order chi connectivity index (χ0) is 16.6. The molecule has 0 atom stereocenters. The molecule has 0 saturated carbocycles. The number of aromatic nitrogens is 3. The monoisotopic (exact) mass is 450 g/mol. The van der Waals surface area contributed by atoms with Crippen molar-refractivity contribution in [3.63, 3.8) is 0 Å². The summed E-state index contributed by atoms with van der Waals surface area (Å²) >= 11 is 0. The average Bonchev–Trinajstić information content (AvgIpc) is 3.05. The zero-order valence-electron chi connectivity index (χ0n) is 14.2. The lowest BCUT2D eigenvalue weighted by atomic mass is 10.1. The van der Waals surface area contributed by atoms with Gasteiger partial charge in [0.1, 0.15) is 0 Å². The van der Waals surface area contributed by atoms with Crippen molar-refractivity contribution in [2.45, 2.75) is 19.4 Å². The van der Waals surface area contributed by atoms with Crippen molar-refractivity contribution in [1.82, 2.24) is 25.2 Å². The third-order valence-corrected chi connectivity index (χ3v) is 3.80. The molecule has 0 aliphatic heterocycles. The number of nitrogens with zero attached hydrogens (tertiary/aromatic N) is 4. The molecule has 0 aliphatic rings. The molecule has 3 rings (SSSR count). The van der Waals surface area contributed by atoms with Crippen LogP contribution in [0.4, 0.5) is 0 Å². The second-order valence-corrected chi connectivity index (χ2v) is 5.49. The van der Waals surface area contributed by atoms with Gasteiger partial charge < -0.3 is 10.6 Å². The standard InChI is InChI=1S/C18H22N6.HI/c1-19-18(20-12-7-10-15-8-3-2-4-9-15)21-14-17-23-22-16-11-5-6-13-24(16)17;/h2-6,8-9,11,13H,7,10,12,14H2,1H3,(H2,19,20,21);1H. The summed E-state index contributed by atoms with van der Waals surface area (Å²) in [5.41, 5.74) is 2.21. The number of benzene rings is 1. The van der Waals surface area contributed by atoms with Gasteiger partial charge in [-0.3, -0.25) is 9.39 Å². The van der Waals surface area contributed by atoms with Gasteiger partial charge in [0.25, 0.3) is 0 Å². The first-order chi connectivity index (χ1) is 11.9. The molecule has 3 aromatic rings. The van der Waals surface area contributed by atoms with E-state index in [2.05, 4.69) is 50.1 Å². The average molecular weight is 450 g/mol. The van der Waals surface area contributed by atoms with Crippen molar-refractivity contribution in [1.29, 1.82) is 0 Å². The van der Waals surface area contributed by atoms with Gasteiger partial charge in [0.15, 0.2) is 17.4 Å². The number of fused-ring (bicyclic) bond motifs is 1. The molecule has 7 heteroatoms. The lowest BCUT2D eigenvalue weighted by Crippen LogP contribution is -2.37. The minimum Gasteiger partial charge on any atom is -0.356 e. The minimum atomic E-state index is 0. The minimum absolute atomic E-state index is 0. The van der Waals surface area contributed by atoms with Crippen molar-refractivity contribution in [3.05, 3.63) is 66.1 Å². The number of guanidine groups is 1. The highest BCUT2D eigenvalue weighted by molar-refractivity contribution is 14.0. The molecule has 0 amide bonds. The summed E-state index contributed by atoms with van der Waals surface area (Å²) in [6.07, 6.45) is 4.07. The Morgan fingerprint density at radius 1 is 1.04 bits per heavy atom. The molecule has 0 fully saturated rings. The SMILES string of the molecule is CN=C(NCCCc1ccccc1)NCc1nnc2ccccn12.I. The molecule has 2 N–H and O–H groups in total. The van der Waals surface area contributed by atoms with Gasteiger partial charge in [-0.2, -0.15) is 0 Å². The van der Waals surface area contributed by atoms with E-state index in [-0.39, 0.29) is 24.0 Å². The van der Waals surface area contributed by atoms with Crippen LogP contribution < -0.4 is 10.6 Å². The van der Waals surface area contributed by atoms with Crippen LogP contribution in [0.5, 0.6) is 0 Å². The van der Waals surface area contributed by atoms with Crippen LogP contribution >= 0.6 is 24.0 Å². The Morgan fingerprint density at radius 3 is 2.64 bits per heavy atom. The molecule has 1 aromatic carbocycles. The van der Waals surface area contributed by atoms with E-state index in [1.165, 1.54) is 5.56 Å². The van der Waals surface area contributed by atoms with Crippen molar-refractivity contribution in [2.24, 2.45) is 4.99 Å². The van der Waals surface area contributed by atoms with E-state index in [4.69, 9.17) is 0 Å². The summed E-state index contributed by atoms with van der Waals surface area (Å²) in [4.78, 5) is 4.25. The fourth-order valence-corrected chi connectivity index (χ4v) is 2.54. The Bertz CT molecular complexity index is 799. The fourth-order valence-electron chi connectivity index (χ4n) is 2.54. The van der Waals surface area contributed by atoms with E-state index >= 15 is 0 Å². The molecule has 2 heterocycles. The largest absolute Gasteiger partial charge is 0.356 e. The summed E-state index contributed by atoms with van der Waals surface area (Å²) in [7, 11) is 1.77. The number of hydrogen-bond acceptors (Lipinski definition) is 3. The lowest BCUT2D eigenvalue weighted by molar-refractivity contribution is 0.727. The number of halogens is 1. The fraction of sp³-hybridized carbons (Fsp3) is 0.278. The van der Waals surface area contributed by atoms with Gasteiger partial charge in [0, 0.05) is 19.8 Å². The van der Waals surface area contributed by atoms with Gasteiger partial charge in [-0.15, -0.1) is 34.2 Å². The maximum Gasteiger partial charge on any atom is 0.191 e. The smallest absolute Gasteiger partial charge is 0.191 e. The number of hydrogen-bond donors (Lipinski definition) is 2. The normalized spacial score (nSPS) is 11.2. The summed E-state index contributed by atoms with van der Waals surface area (Å²) in [6, 6.07) is 16.4. The molecule has 0 spiro atoms. The molecular weight excluding hydrogens is 427 g/mol. The molecule has 132 valence electrons. The third-order valence-electron chi connectivity index (χ3n) is 3.80. The quantitative estimate of drug-likeness (QED) is 0.262. The number of aryl methyl sites for hydroxylation is 1. The highest BCUT2D eigenvalue weighted by Gasteiger charge is 2.05. The molecular formula is C18H23IN6. The Balaban J connectivity index is 0.00000225. The molecule has 2 aromatic heterocycles. The second-order valence-electron chi connectivity index (χ2n) is 5.49. The molecule has 0 unspecified atom stereocenters. The first-order valence-electron chi connectivity index (χ1n) is 8.14. The van der Waals surface area contributed by atoms with Crippen molar-refractivity contribution in [3.8, 4) is 0 Å². The van der Waals surface area contributed by atoms with Gasteiger partial charge in [0.05, 0.1) is 6.54 Å². The molecule has 25 heavy (non-hydrogen) atoms. The van der Waals surface area contributed by atoms with Crippen LogP contribution in [-0.2, 0) is 13.0 Å². The maximum atomic E-state index is 4.25. The number of pyridine rings is 1. The zero-order valence-corrected chi connectivity index (χ0v) is 16.6. The van der Waals surface area contributed by atoms with Crippen LogP contribution in [0.3, 0.4) is 0 Å². The van der Waals surface area contributed by atoms with Gasteiger partial charge in [-0.05, 0) is 30.5 Å². The predicted octanol–water partition coefficient (Wildman–Crippen LogP) is 2.65. The summed E-state index contributed by atoms with van der Waals surface area (Å²) in [5.74, 6) is 1.63. The van der Waals surface area contributed by atoms with Crippen LogP contribution in [0.1, 0.15) is 17.8 Å². The molecule has 0 saturated heterocycles. The predicted molar refractivity (Wildman–Crippen MR) is 111 cm³/mol. The van der Waals surface area contributed by atoms with Gasteiger partial charge in [-0.25, -0.2) is 0 Å². The Kier molecular flexibility index (Phi) is 7.65. The van der Waals surface area contributed by atoms with E-state index in [9.17, 15) is 0 Å². The first kappa shape index (κ1) is 19.2. The van der Waals surface area contributed by atoms with Gasteiger partial charge >= 0.3 is 0 Å². The highest BCUT2D eigenvalue weighted by atomic mass is 127. The highest BCUT2D eigenvalue weighted by Crippen LogP contribution is 2.03. The van der Waals surface area contributed by atoms with Gasteiger partial charge in [-0.1, -0.05) is 36.4 Å². The first-order valence-corrected chi connectivity index (χ1v) is 8.14. The third kappa shape index (κ3) is 5.42. The number of rotatable bonds is 6. The second kappa shape index (κ2) is 9.97. The lowest BCUT2D eigenvalue weighted by Gasteiger charge is -2.11. The van der Waals surface area contributed by atoms with E-state index in [0.29, 0.717) is 6.54 Å². The van der Waals surface area contributed by atoms with E-state index in [0.717, 1.165) is 36.8 Å². The van der Waals surface area contributed by atoms with Gasteiger partial charge in [0.2, 0.25) is 0 Å². The van der Waals surface area contributed by atoms with Crippen LogP contribution in [0.25, 0.3) is 5.65 Å². The summed E-state index contributed by atoms with van der Waals surface area (Å²) < 4.78 is 1.97. The number of nitrogens with one attached hydrogen (secondary N) is 2.